The van der Waals surface area contributed by atoms with Gasteiger partial charge in [-0.05, 0) is 50.7 Å². The fourth-order valence-corrected chi connectivity index (χ4v) is 6.81. The first kappa shape index (κ1) is 30.4. The normalized spacial score (nSPS) is 38.2. The number of ether oxygens (including phenoxy) is 4. The molecule has 3 fully saturated rings. The lowest BCUT2D eigenvalue weighted by atomic mass is 9.79. The third kappa shape index (κ3) is 7.30. The number of hydrogen-bond donors (Lipinski definition) is 1. The van der Waals surface area contributed by atoms with E-state index >= 15 is 0 Å². The molecular formula is C33H42N2O7. The summed E-state index contributed by atoms with van der Waals surface area (Å²) in [6, 6.07) is 2.09. The Morgan fingerprint density at radius 3 is 2.64 bits per heavy atom. The number of allylic oxidation sites excluding steroid dienone is 1. The Morgan fingerprint density at radius 1 is 1.05 bits per heavy atom. The Kier molecular flexibility index (Phi) is 9.79. The van der Waals surface area contributed by atoms with Crippen molar-refractivity contribution in [2.45, 2.75) is 115 Å². The van der Waals surface area contributed by atoms with Crippen LogP contribution in [-0.2, 0) is 23.7 Å². The quantitative estimate of drug-likeness (QED) is 0.260. The first-order valence-corrected chi connectivity index (χ1v) is 15.1. The largest absolute Gasteiger partial charge is 0.458 e. The van der Waals surface area contributed by atoms with Crippen molar-refractivity contribution in [3.8, 4) is 6.07 Å². The average molecular weight is 579 g/mol. The van der Waals surface area contributed by atoms with Gasteiger partial charge in [-0.15, -0.1) is 0 Å². The topological polar surface area (TPSA) is 124 Å². The van der Waals surface area contributed by atoms with Gasteiger partial charge in [-0.25, -0.2) is 9.78 Å². The number of carbonyl (C=O) groups is 1. The highest BCUT2D eigenvalue weighted by molar-refractivity contribution is 5.82. The summed E-state index contributed by atoms with van der Waals surface area (Å²) < 4.78 is 31.0. The number of oxazole rings is 1. The van der Waals surface area contributed by atoms with Crippen molar-refractivity contribution in [3.63, 3.8) is 0 Å². The molecule has 9 nitrogen and oxygen atoms in total. The number of carbonyl (C=O) groups excluding carboxylic acids is 1. The highest BCUT2D eigenvalue weighted by Gasteiger charge is 2.43. The summed E-state index contributed by atoms with van der Waals surface area (Å²) in [5.74, 6) is -0.204. The van der Waals surface area contributed by atoms with Gasteiger partial charge in [-0.1, -0.05) is 38.2 Å². The SMILES string of the molecule is C=C1CC2CC=CC(=O)OC3C(C)C(CC=Cc4nc(co4)C4CC(O)CC(CC(C1)O2)O4)OC(C(C)=CC#N)C3C. The summed E-state index contributed by atoms with van der Waals surface area (Å²) in [6.45, 7) is 10.1. The van der Waals surface area contributed by atoms with Crippen LogP contribution in [0.25, 0.3) is 6.08 Å². The summed E-state index contributed by atoms with van der Waals surface area (Å²) in [4.78, 5) is 17.6. The number of rotatable bonds is 1. The Hall–Kier alpha value is -3.03. The number of nitriles is 1. The Balaban J connectivity index is 1.42. The van der Waals surface area contributed by atoms with Crippen molar-refractivity contribution < 1.29 is 33.3 Å². The lowest BCUT2D eigenvalue weighted by Crippen LogP contribution is -2.50. The van der Waals surface area contributed by atoms with Crippen molar-refractivity contribution in [2.24, 2.45) is 11.8 Å². The van der Waals surface area contributed by atoms with Crippen LogP contribution in [0.1, 0.15) is 83.4 Å². The highest BCUT2D eigenvalue weighted by atomic mass is 16.6. The summed E-state index contributed by atoms with van der Waals surface area (Å²) in [5, 5.41) is 19.9. The standard InChI is InChI=1S/C33H42N2O7/c1-19-13-24-7-5-10-31(37)42-33-21(3)28(41-32(22(33)4)20(2)11-12-34)8-6-9-30-35-27(18-38-30)29-16-23(36)15-26(40-29)17-25(14-19)39-24/h5-6,9-11,18,21-26,28-29,32-33,36H,1,7-8,13-17H2,2-4H3. The van der Waals surface area contributed by atoms with E-state index in [1.165, 1.54) is 12.2 Å². The minimum absolute atomic E-state index is 0.0834. The zero-order valence-electron chi connectivity index (χ0n) is 24.7. The van der Waals surface area contributed by atoms with Crippen molar-refractivity contribution in [2.75, 3.05) is 0 Å². The lowest BCUT2D eigenvalue weighted by Gasteiger charge is -2.44. The molecule has 1 aromatic rings. The van der Waals surface area contributed by atoms with Crippen LogP contribution in [0.2, 0.25) is 0 Å². The molecule has 0 radical (unpaired) electrons. The van der Waals surface area contributed by atoms with E-state index in [4.69, 9.17) is 23.4 Å². The molecule has 0 aliphatic carbocycles. The number of aromatic nitrogens is 1. The molecule has 10 atom stereocenters. The van der Waals surface area contributed by atoms with Gasteiger partial charge in [0.15, 0.2) is 0 Å². The monoisotopic (exact) mass is 578 g/mol. The molecule has 8 bridgehead atoms. The van der Waals surface area contributed by atoms with Gasteiger partial charge in [0.1, 0.15) is 24.2 Å². The zero-order chi connectivity index (χ0) is 29.8. The molecule has 1 N–H and O–H groups in total. The van der Waals surface area contributed by atoms with E-state index in [0.29, 0.717) is 43.7 Å². The van der Waals surface area contributed by atoms with Crippen LogP contribution in [0, 0.1) is 23.2 Å². The van der Waals surface area contributed by atoms with E-state index in [1.54, 1.807) is 12.3 Å². The fourth-order valence-electron chi connectivity index (χ4n) is 6.81. The summed E-state index contributed by atoms with van der Waals surface area (Å²) >= 11 is 0. The molecule has 0 aromatic carbocycles. The molecule has 10 unspecified atom stereocenters. The maximum absolute atomic E-state index is 13.0. The second kappa shape index (κ2) is 13.5. The van der Waals surface area contributed by atoms with E-state index in [-0.39, 0.29) is 48.5 Å². The summed E-state index contributed by atoms with van der Waals surface area (Å²) in [7, 11) is 0. The first-order valence-electron chi connectivity index (χ1n) is 15.1. The third-order valence-corrected chi connectivity index (χ3v) is 8.89. The second-order valence-electron chi connectivity index (χ2n) is 12.3. The molecule has 0 amide bonds. The van der Waals surface area contributed by atoms with Crippen LogP contribution in [0.4, 0.5) is 0 Å². The van der Waals surface area contributed by atoms with Crippen LogP contribution >= 0.6 is 0 Å². The van der Waals surface area contributed by atoms with Crippen LogP contribution < -0.4 is 0 Å². The van der Waals surface area contributed by atoms with E-state index in [2.05, 4.69) is 17.6 Å². The van der Waals surface area contributed by atoms with E-state index < -0.39 is 18.2 Å². The molecule has 0 saturated carbocycles. The molecule has 4 aliphatic heterocycles. The highest BCUT2D eigenvalue weighted by Crippen LogP contribution is 2.38. The molecular weight excluding hydrogens is 536 g/mol. The number of aliphatic hydroxyl groups excluding tert-OH is 1. The second-order valence-corrected chi connectivity index (χ2v) is 12.3. The molecule has 4 aliphatic rings. The van der Waals surface area contributed by atoms with Gasteiger partial charge in [-0.2, -0.15) is 5.26 Å². The van der Waals surface area contributed by atoms with E-state index in [9.17, 15) is 15.2 Å². The number of esters is 1. The van der Waals surface area contributed by atoms with Crippen LogP contribution in [-0.4, -0.2) is 58.8 Å². The molecule has 5 heterocycles. The molecule has 42 heavy (non-hydrogen) atoms. The number of hydrogen-bond acceptors (Lipinski definition) is 9. The minimum atomic E-state index is -0.505. The van der Waals surface area contributed by atoms with Gasteiger partial charge in [0.25, 0.3) is 0 Å². The van der Waals surface area contributed by atoms with Crippen molar-refractivity contribution in [3.05, 3.63) is 59.9 Å². The van der Waals surface area contributed by atoms with Gasteiger partial charge in [0.05, 0.1) is 42.7 Å². The van der Waals surface area contributed by atoms with Gasteiger partial charge < -0.3 is 28.5 Å². The molecule has 5 rings (SSSR count). The van der Waals surface area contributed by atoms with Crippen molar-refractivity contribution in [1.29, 1.82) is 5.26 Å². The predicted molar refractivity (Wildman–Crippen MR) is 155 cm³/mol. The fraction of sp³-hybridized carbons (Fsp3) is 0.606. The van der Waals surface area contributed by atoms with E-state index in [1.807, 2.05) is 32.9 Å². The Bertz CT molecular complexity index is 1260. The maximum atomic E-state index is 13.0. The van der Waals surface area contributed by atoms with Gasteiger partial charge in [0, 0.05) is 36.8 Å². The van der Waals surface area contributed by atoms with Crippen molar-refractivity contribution >= 4 is 12.0 Å². The van der Waals surface area contributed by atoms with Crippen LogP contribution in [0.5, 0.6) is 0 Å². The zero-order valence-corrected chi connectivity index (χ0v) is 24.7. The predicted octanol–water partition coefficient (Wildman–Crippen LogP) is 5.53. The van der Waals surface area contributed by atoms with Crippen LogP contribution in [0.15, 0.2) is 52.7 Å². The maximum Gasteiger partial charge on any atom is 0.330 e. The summed E-state index contributed by atoms with van der Waals surface area (Å²) in [6.07, 6.45) is 12.1. The van der Waals surface area contributed by atoms with Crippen molar-refractivity contribution in [1.82, 2.24) is 4.98 Å². The van der Waals surface area contributed by atoms with Gasteiger partial charge >= 0.3 is 5.97 Å². The number of aliphatic hydroxyl groups is 1. The lowest BCUT2D eigenvalue weighted by molar-refractivity contribution is -0.180. The first-order chi connectivity index (χ1) is 20.2. The number of fused-ring (bicyclic) bond motifs is 9. The molecule has 1 aromatic heterocycles. The van der Waals surface area contributed by atoms with Gasteiger partial charge in [-0.3, -0.25) is 0 Å². The summed E-state index contributed by atoms with van der Waals surface area (Å²) in [5.41, 5.74) is 2.55. The molecule has 9 heteroatoms. The molecule has 3 saturated heterocycles. The van der Waals surface area contributed by atoms with Crippen LogP contribution in [0.3, 0.4) is 0 Å². The van der Waals surface area contributed by atoms with E-state index in [0.717, 1.165) is 24.0 Å². The Labute approximate surface area is 247 Å². The molecule has 0 spiro atoms. The number of nitrogens with zero attached hydrogens (tertiary/aromatic N) is 2. The molecule has 226 valence electrons. The third-order valence-electron chi connectivity index (χ3n) is 8.89. The smallest absolute Gasteiger partial charge is 0.330 e. The Morgan fingerprint density at radius 2 is 1.83 bits per heavy atom. The van der Waals surface area contributed by atoms with Gasteiger partial charge in [0.2, 0.25) is 5.89 Å². The average Bonchev–Trinajstić information content (AvgIpc) is 3.40. The minimum Gasteiger partial charge on any atom is -0.458 e.